The molecule has 0 atom stereocenters. The zero-order valence-electron chi connectivity index (χ0n) is 16.9. The maximum Gasteiger partial charge on any atom is 0.307 e. The van der Waals surface area contributed by atoms with Gasteiger partial charge in [0.1, 0.15) is 5.75 Å². The fourth-order valence-corrected chi connectivity index (χ4v) is 3.65. The van der Waals surface area contributed by atoms with Gasteiger partial charge in [-0.2, -0.15) is 4.98 Å². The predicted molar refractivity (Wildman–Crippen MR) is 116 cm³/mol. The number of imidazole rings is 1. The molecule has 4 rings (SSSR count). The third-order valence-electron chi connectivity index (χ3n) is 5.05. The summed E-state index contributed by atoms with van der Waals surface area (Å²) in [5.74, 6) is 1.56. The number of aromatic nitrogens is 2. The third-order valence-corrected chi connectivity index (χ3v) is 5.05. The van der Waals surface area contributed by atoms with Crippen LogP contribution in [-0.4, -0.2) is 9.55 Å². The maximum absolute atomic E-state index is 6.27. The van der Waals surface area contributed by atoms with Crippen LogP contribution in [0.1, 0.15) is 50.7 Å². The molecule has 142 valence electrons. The van der Waals surface area contributed by atoms with Crippen molar-refractivity contribution in [2.45, 2.75) is 39.5 Å². The second-order valence-electron chi connectivity index (χ2n) is 7.73. The van der Waals surface area contributed by atoms with Gasteiger partial charge in [0.05, 0.1) is 16.7 Å². The molecule has 28 heavy (non-hydrogen) atoms. The molecule has 0 saturated heterocycles. The summed E-state index contributed by atoms with van der Waals surface area (Å²) in [6.45, 7) is 8.94. The molecule has 0 unspecified atom stereocenters. The highest BCUT2D eigenvalue weighted by molar-refractivity contribution is 5.80. The Morgan fingerprint density at radius 3 is 1.96 bits per heavy atom. The molecule has 1 heterocycles. The summed E-state index contributed by atoms with van der Waals surface area (Å²) in [5.41, 5.74) is 5.77. The van der Waals surface area contributed by atoms with Crippen LogP contribution in [0.15, 0.2) is 72.8 Å². The third kappa shape index (κ3) is 3.29. The highest BCUT2D eigenvalue weighted by Crippen LogP contribution is 2.37. The second-order valence-corrected chi connectivity index (χ2v) is 7.73. The van der Waals surface area contributed by atoms with Crippen LogP contribution >= 0.6 is 0 Å². The number of fused-ring (bicyclic) bond motifs is 1. The monoisotopic (exact) mass is 370 g/mol. The zero-order chi connectivity index (χ0) is 19.7. The van der Waals surface area contributed by atoms with Crippen LogP contribution in [-0.2, 0) is 0 Å². The van der Waals surface area contributed by atoms with E-state index in [1.807, 2.05) is 42.5 Å². The Kier molecular flexibility index (Phi) is 4.91. The lowest BCUT2D eigenvalue weighted by atomic mass is 9.92. The summed E-state index contributed by atoms with van der Waals surface area (Å²) >= 11 is 0. The van der Waals surface area contributed by atoms with E-state index in [9.17, 15) is 0 Å². The molecule has 0 radical (unpaired) electrons. The van der Waals surface area contributed by atoms with Crippen LogP contribution in [0.4, 0.5) is 0 Å². The zero-order valence-corrected chi connectivity index (χ0v) is 16.9. The van der Waals surface area contributed by atoms with E-state index in [0.29, 0.717) is 17.8 Å². The lowest BCUT2D eigenvalue weighted by molar-refractivity contribution is 0.436. The molecule has 3 aromatic carbocycles. The molecular formula is C25H26N2O. The largest absolute Gasteiger partial charge is 0.425 e. The molecule has 0 bridgehead atoms. The molecule has 0 aliphatic heterocycles. The van der Waals surface area contributed by atoms with Crippen molar-refractivity contribution in [2.24, 2.45) is 0 Å². The second kappa shape index (κ2) is 7.51. The number of hydrogen-bond donors (Lipinski definition) is 0. The van der Waals surface area contributed by atoms with E-state index in [1.165, 1.54) is 16.8 Å². The average Bonchev–Trinajstić information content (AvgIpc) is 3.05. The highest BCUT2D eigenvalue weighted by Gasteiger charge is 2.22. The van der Waals surface area contributed by atoms with Crippen LogP contribution < -0.4 is 4.74 Å². The lowest BCUT2D eigenvalue weighted by Crippen LogP contribution is -2.08. The number of nitrogens with zero attached hydrogens (tertiary/aromatic N) is 2. The average molecular weight is 370 g/mol. The first-order chi connectivity index (χ1) is 13.6. The van der Waals surface area contributed by atoms with E-state index >= 15 is 0 Å². The van der Waals surface area contributed by atoms with Crippen LogP contribution in [0.25, 0.3) is 16.7 Å². The summed E-state index contributed by atoms with van der Waals surface area (Å²) in [5, 5.41) is 0. The lowest BCUT2D eigenvalue weighted by Gasteiger charge is -2.22. The summed E-state index contributed by atoms with van der Waals surface area (Å²) in [6.07, 6.45) is 0. The molecule has 0 saturated carbocycles. The fourth-order valence-electron chi connectivity index (χ4n) is 3.65. The van der Waals surface area contributed by atoms with E-state index < -0.39 is 0 Å². The Bertz CT molecular complexity index is 1070. The van der Waals surface area contributed by atoms with Crippen molar-refractivity contribution in [3.05, 3.63) is 83.9 Å². The number of ether oxygens (including phenoxy) is 1. The molecule has 0 N–H and O–H groups in total. The topological polar surface area (TPSA) is 27.1 Å². The standard InChI is InChI=1S/C25H26N2O/c1-17(2)20-13-10-14-21(18(3)4)24(20)27-23-16-9-8-15-22(23)26-25(27)28-19-11-6-5-7-12-19/h5-18H,1-4H3. The van der Waals surface area contributed by atoms with Crippen molar-refractivity contribution in [1.29, 1.82) is 0 Å². The van der Waals surface area contributed by atoms with Gasteiger partial charge >= 0.3 is 6.01 Å². The first kappa shape index (κ1) is 18.3. The van der Waals surface area contributed by atoms with Gasteiger partial charge in [-0.1, -0.05) is 76.2 Å². The molecule has 3 nitrogen and oxygen atoms in total. The van der Waals surface area contributed by atoms with Gasteiger partial charge in [0.15, 0.2) is 0 Å². The summed E-state index contributed by atoms with van der Waals surface area (Å²) < 4.78 is 8.46. The van der Waals surface area contributed by atoms with E-state index in [0.717, 1.165) is 16.8 Å². The first-order valence-corrected chi connectivity index (χ1v) is 9.90. The molecule has 3 heteroatoms. The highest BCUT2D eigenvalue weighted by atomic mass is 16.5. The van der Waals surface area contributed by atoms with Crippen molar-refractivity contribution >= 4 is 11.0 Å². The van der Waals surface area contributed by atoms with Crippen molar-refractivity contribution in [3.8, 4) is 17.4 Å². The molecular weight excluding hydrogens is 344 g/mol. The molecule has 0 aliphatic rings. The molecule has 0 fully saturated rings. The van der Waals surface area contributed by atoms with Gasteiger partial charge in [-0.25, -0.2) is 0 Å². The minimum absolute atomic E-state index is 0.388. The molecule has 0 spiro atoms. The Hall–Kier alpha value is -3.07. The van der Waals surface area contributed by atoms with Gasteiger partial charge in [0.25, 0.3) is 0 Å². The number of para-hydroxylation sites is 4. The van der Waals surface area contributed by atoms with Gasteiger partial charge in [0, 0.05) is 0 Å². The SMILES string of the molecule is CC(C)c1cccc(C(C)C)c1-n1c(Oc2ccccc2)nc2ccccc21. The number of benzene rings is 3. The van der Waals surface area contributed by atoms with Crippen molar-refractivity contribution < 1.29 is 4.74 Å². The Balaban J connectivity index is 2.02. The smallest absolute Gasteiger partial charge is 0.307 e. The summed E-state index contributed by atoms with van der Waals surface area (Å²) in [6, 6.07) is 25.3. The van der Waals surface area contributed by atoms with Crippen LogP contribution in [0, 0.1) is 0 Å². The van der Waals surface area contributed by atoms with Crippen LogP contribution in [0.2, 0.25) is 0 Å². The minimum atomic E-state index is 0.388. The fraction of sp³-hybridized carbons (Fsp3) is 0.240. The molecule has 0 aliphatic carbocycles. The first-order valence-electron chi connectivity index (χ1n) is 9.90. The summed E-state index contributed by atoms with van der Waals surface area (Å²) in [4.78, 5) is 4.83. The van der Waals surface area contributed by atoms with Gasteiger partial charge in [-0.15, -0.1) is 0 Å². The van der Waals surface area contributed by atoms with Crippen LogP contribution in [0.3, 0.4) is 0 Å². The number of hydrogen-bond acceptors (Lipinski definition) is 2. The molecule has 4 aromatic rings. The number of rotatable bonds is 5. The minimum Gasteiger partial charge on any atom is -0.425 e. The Morgan fingerprint density at radius 1 is 0.714 bits per heavy atom. The van der Waals surface area contributed by atoms with E-state index in [4.69, 9.17) is 9.72 Å². The van der Waals surface area contributed by atoms with Gasteiger partial charge in [0.2, 0.25) is 0 Å². The van der Waals surface area contributed by atoms with Gasteiger partial charge < -0.3 is 4.74 Å². The van der Waals surface area contributed by atoms with Crippen molar-refractivity contribution in [1.82, 2.24) is 9.55 Å². The normalized spacial score (nSPS) is 11.5. The summed E-state index contributed by atoms with van der Waals surface area (Å²) in [7, 11) is 0. The van der Waals surface area contributed by atoms with Crippen molar-refractivity contribution in [2.75, 3.05) is 0 Å². The van der Waals surface area contributed by atoms with E-state index in [2.05, 4.69) is 62.6 Å². The maximum atomic E-state index is 6.27. The Labute approximate surface area is 166 Å². The molecule has 0 amide bonds. The van der Waals surface area contributed by atoms with Crippen molar-refractivity contribution in [3.63, 3.8) is 0 Å². The quantitative estimate of drug-likeness (QED) is 0.376. The van der Waals surface area contributed by atoms with Crippen LogP contribution in [0.5, 0.6) is 11.8 Å². The van der Waals surface area contributed by atoms with E-state index in [1.54, 1.807) is 0 Å². The predicted octanol–water partition coefficient (Wildman–Crippen LogP) is 7.06. The van der Waals surface area contributed by atoms with Gasteiger partial charge in [-0.3, -0.25) is 4.57 Å². The van der Waals surface area contributed by atoms with Gasteiger partial charge in [-0.05, 0) is 47.2 Å². The Morgan fingerprint density at radius 2 is 1.32 bits per heavy atom. The molecule has 1 aromatic heterocycles. The van der Waals surface area contributed by atoms with E-state index in [-0.39, 0.29) is 0 Å².